The minimum atomic E-state index is -4.35. The zero-order valence-corrected chi connectivity index (χ0v) is 13.3. The molecule has 124 valence electrons. The number of benzene rings is 1. The molecule has 0 aliphatic heterocycles. The minimum Gasteiger partial charge on any atom is -0.354 e. The topological polar surface area (TPSA) is 55.1 Å². The highest BCUT2D eigenvalue weighted by molar-refractivity contribution is 5.85. The first-order valence-corrected chi connectivity index (χ1v) is 6.80. The van der Waals surface area contributed by atoms with Crippen LogP contribution in [0.25, 0.3) is 0 Å². The number of rotatable bonds is 4. The third kappa shape index (κ3) is 4.14. The van der Waals surface area contributed by atoms with Gasteiger partial charge in [0.2, 0.25) is 5.91 Å². The summed E-state index contributed by atoms with van der Waals surface area (Å²) in [6.07, 6.45) is -2.83. The van der Waals surface area contributed by atoms with Gasteiger partial charge in [-0.3, -0.25) is 4.79 Å². The van der Waals surface area contributed by atoms with Crippen LogP contribution in [-0.2, 0) is 16.4 Å². The molecule has 0 bridgehead atoms. The SMILES string of the molecule is CC(C)(N)C(=O)NCC1(c2cccc(C(F)(F)F)c2)CC1.Cl. The van der Waals surface area contributed by atoms with Crippen molar-refractivity contribution in [3.8, 4) is 0 Å². The molecule has 22 heavy (non-hydrogen) atoms. The van der Waals surface area contributed by atoms with E-state index in [4.69, 9.17) is 5.73 Å². The van der Waals surface area contributed by atoms with Gasteiger partial charge in [-0.05, 0) is 38.3 Å². The highest BCUT2D eigenvalue weighted by Crippen LogP contribution is 2.48. The monoisotopic (exact) mass is 336 g/mol. The van der Waals surface area contributed by atoms with Gasteiger partial charge in [-0.2, -0.15) is 13.2 Å². The Morgan fingerprint density at radius 2 is 1.91 bits per heavy atom. The van der Waals surface area contributed by atoms with Crippen molar-refractivity contribution in [1.29, 1.82) is 0 Å². The van der Waals surface area contributed by atoms with Gasteiger partial charge in [0.15, 0.2) is 0 Å². The van der Waals surface area contributed by atoms with Crippen LogP contribution >= 0.6 is 12.4 Å². The van der Waals surface area contributed by atoms with E-state index in [1.165, 1.54) is 12.1 Å². The Labute approximate surface area is 133 Å². The highest BCUT2D eigenvalue weighted by Gasteiger charge is 2.45. The highest BCUT2D eigenvalue weighted by atomic mass is 35.5. The molecule has 0 unspecified atom stereocenters. The Hall–Kier alpha value is -1.27. The number of hydrogen-bond acceptors (Lipinski definition) is 2. The number of nitrogens with two attached hydrogens (primary N) is 1. The summed E-state index contributed by atoms with van der Waals surface area (Å²) in [6.45, 7) is 3.49. The van der Waals surface area contributed by atoms with Crippen molar-refractivity contribution < 1.29 is 18.0 Å². The van der Waals surface area contributed by atoms with E-state index in [1.807, 2.05) is 0 Å². The van der Waals surface area contributed by atoms with Crippen LogP contribution in [0, 0.1) is 0 Å². The van der Waals surface area contributed by atoms with E-state index in [0.29, 0.717) is 12.1 Å². The number of amides is 1. The Balaban J connectivity index is 0.00000242. The predicted molar refractivity (Wildman–Crippen MR) is 80.9 cm³/mol. The summed E-state index contributed by atoms with van der Waals surface area (Å²) in [6, 6.07) is 5.32. The number of hydrogen-bond donors (Lipinski definition) is 2. The van der Waals surface area contributed by atoms with Gasteiger partial charge < -0.3 is 11.1 Å². The zero-order valence-electron chi connectivity index (χ0n) is 12.5. The van der Waals surface area contributed by atoms with E-state index >= 15 is 0 Å². The molecule has 3 N–H and O–H groups in total. The fourth-order valence-corrected chi connectivity index (χ4v) is 2.22. The summed E-state index contributed by atoms with van der Waals surface area (Å²) in [4.78, 5) is 11.8. The average molecular weight is 337 g/mol. The van der Waals surface area contributed by atoms with Gasteiger partial charge in [0.1, 0.15) is 0 Å². The summed E-state index contributed by atoms with van der Waals surface area (Å²) in [5.41, 5.74) is 4.27. The third-order valence-corrected chi connectivity index (χ3v) is 3.83. The molecule has 1 amide bonds. The normalized spacial score (nSPS) is 16.6. The molecule has 1 saturated carbocycles. The van der Waals surface area contributed by atoms with Crippen molar-refractivity contribution in [3.63, 3.8) is 0 Å². The van der Waals surface area contributed by atoms with Crippen molar-refractivity contribution in [2.24, 2.45) is 5.73 Å². The Bertz CT molecular complexity index is 548. The molecule has 0 atom stereocenters. The number of nitrogens with one attached hydrogen (secondary N) is 1. The number of carbonyl (C=O) groups is 1. The molecule has 1 fully saturated rings. The maximum absolute atomic E-state index is 12.8. The van der Waals surface area contributed by atoms with Crippen LogP contribution in [0.5, 0.6) is 0 Å². The van der Waals surface area contributed by atoms with Crippen molar-refractivity contribution in [2.45, 2.75) is 43.8 Å². The van der Waals surface area contributed by atoms with Gasteiger partial charge >= 0.3 is 6.18 Å². The van der Waals surface area contributed by atoms with Crippen LogP contribution in [0.4, 0.5) is 13.2 Å². The largest absolute Gasteiger partial charge is 0.416 e. The predicted octanol–water partition coefficient (Wildman–Crippen LogP) is 3.01. The second-order valence-electron chi connectivity index (χ2n) is 6.26. The fourth-order valence-electron chi connectivity index (χ4n) is 2.22. The lowest BCUT2D eigenvalue weighted by Crippen LogP contribution is -2.50. The zero-order chi connectivity index (χ0) is 15.9. The lowest BCUT2D eigenvalue weighted by Gasteiger charge is -2.22. The van der Waals surface area contributed by atoms with Gasteiger partial charge in [-0.1, -0.05) is 18.2 Å². The first kappa shape index (κ1) is 18.8. The van der Waals surface area contributed by atoms with E-state index in [9.17, 15) is 18.0 Å². The molecule has 0 heterocycles. The molecule has 2 rings (SSSR count). The molecular formula is C15H20ClF3N2O. The van der Waals surface area contributed by atoms with Gasteiger partial charge in [0, 0.05) is 12.0 Å². The van der Waals surface area contributed by atoms with E-state index in [1.54, 1.807) is 19.9 Å². The van der Waals surface area contributed by atoms with E-state index < -0.39 is 17.3 Å². The van der Waals surface area contributed by atoms with E-state index in [0.717, 1.165) is 18.9 Å². The molecule has 0 radical (unpaired) electrons. The average Bonchev–Trinajstić information content (AvgIpc) is 3.15. The lowest BCUT2D eigenvalue weighted by molar-refractivity contribution is -0.137. The van der Waals surface area contributed by atoms with Crippen LogP contribution < -0.4 is 11.1 Å². The standard InChI is InChI=1S/C15H19F3N2O.ClH/c1-13(2,19)12(21)20-9-14(6-7-14)10-4-3-5-11(8-10)15(16,17)18;/h3-5,8H,6-7,9,19H2,1-2H3,(H,20,21);1H. The lowest BCUT2D eigenvalue weighted by atomic mass is 9.93. The van der Waals surface area contributed by atoms with Crippen LogP contribution in [0.3, 0.4) is 0 Å². The molecule has 1 aromatic rings. The van der Waals surface area contributed by atoms with Crippen LogP contribution in [0.1, 0.15) is 37.8 Å². The molecule has 3 nitrogen and oxygen atoms in total. The maximum Gasteiger partial charge on any atom is 0.416 e. The molecule has 1 aliphatic rings. The quantitative estimate of drug-likeness (QED) is 0.888. The smallest absolute Gasteiger partial charge is 0.354 e. The molecule has 1 aliphatic carbocycles. The summed E-state index contributed by atoms with van der Waals surface area (Å²) >= 11 is 0. The summed E-state index contributed by atoms with van der Waals surface area (Å²) in [7, 11) is 0. The van der Waals surface area contributed by atoms with Crippen molar-refractivity contribution >= 4 is 18.3 Å². The third-order valence-electron chi connectivity index (χ3n) is 3.83. The second-order valence-corrected chi connectivity index (χ2v) is 6.26. The van der Waals surface area contributed by atoms with Crippen molar-refractivity contribution in [2.75, 3.05) is 6.54 Å². The summed E-state index contributed by atoms with van der Waals surface area (Å²) in [5.74, 6) is -0.305. The van der Waals surface area contributed by atoms with Crippen molar-refractivity contribution in [3.05, 3.63) is 35.4 Å². The summed E-state index contributed by atoms with van der Waals surface area (Å²) < 4.78 is 38.3. The Kier molecular flexibility index (Phi) is 5.19. The number of halogens is 4. The first-order valence-electron chi connectivity index (χ1n) is 6.80. The van der Waals surface area contributed by atoms with Crippen LogP contribution in [-0.4, -0.2) is 18.0 Å². The molecular weight excluding hydrogens is 317 g/mol. The van der Waals surface area contributed by atoms with Gasteiger partial charge in [-0.25, -0.2) is 0 Å². The fraction of sp³-hybridized carbons (Fsp3) is 0.533. The minimum absolute atomic E-state index is 0. The molecule has 0 spiro atoms. The molecule has 1 aromatic carbocycles. The van der Waals surface area contributed by atoms with Crippen LogP contribution in [0.15, 0.2) is 24.3 Å². The first-order chi connectivity index (χ1) is 9.55. The van der Waals surface area contributed by atoms with Gasteiger partial charge in [-0.15, -0.1) is 12.4 Å². The van der Waals surface area contributed by atoms with E-state index in [-0.39, 0.29) is 23.7 Å². The van der Waals surface area contributed by atoms with Crippen molar-refractivity contribution in [1.82, 2.24) is 5.32 Å². The molecule has 0 aromatic heterocycles. The molecule has 7 heteroatoms. The van der Waals surface area contributed by atoms with Gasteiger partial charge in [0.05, 0.1) is 11.1 Å². The van der Waals surface area contributed by atoms with Crippen LogP contribution in [0.2, 0.25) is 0 Å². The summed E-state index contributed by atoms with van der Waals surface area (Å²) in [5, 5.41) is 2.74. The second kappa shape index (κ2) is 6.08. The number of carbonyl (C=O) groups excluding carboxylic acids is 1. The maximum atomic E-state index is 12.8. The molecule has 0 saturated heterocycles. The number of alkyl halides is 3. The van der Waals surface area contributed by atoms with Gasteiger partial charge in [0.25, 0.3) is 0 Å². The Morgan fingerprint density at radius 3 is 2.36 bits per heavy atom. The van der Waals surface area contributed by atoms with E-state index in [2.05, 4.69) is 5.32 Å². The Morgan fingerprint density at radius 1 is 1.32 bits per heavy atom.